The van der Waals surface area contributed by atoms with Crippen molar-refractivity contribution >= 4 is 17.5 Å². The first-order valence-electron chi connectivity index (χ1n) is 6.98. The molecule has 0 aromatic carbocycles. The molecule has 0 saturated carbocycles. The van der Waals surface area contributed by atoms with Gasteiger partial charge in [-0.05, 0) is 19.9 Å². The zero-order valence-corrected chi connectivity index (χ0v) is 12.5. The van der Waals surface area contributed by atoms with Crippen molar-refractivity contribution in [3.63, 3.8) is 0 Å². The third-order valence-electron chi connectivity index (χ3n) is 3.10. The van der Waals surface area contributed by atoms with Crippen molar-refractivity contribution in [1.29, 1.82) is 0 Å². The molecule has 1 aromatic heterocycles. The number of nitrogens with two attached hydrogens (primary N) is 1. The van der Waals surface area contributed by atoms with E-state index in [-0.39, 0.29) is 36.9 Å². The maximum atomic E-state index is 11.7. The summed E-state index contributed by atoms with van der Waals surface area (Å²) in [6.07, 6.45) is 1.67. The van der Waals surface area contributed by atoms with Crippen LogP contribution in [-0.4, -0.2) is 40.9 Å². The monoisotopic (exact) mass is 294 g/mol. The second-order valence-corrected chi connectivity index (χ2v) is 4.59. The molecule has 7 heteroatoms. The van der Waals surface area contributed by atoms with Crippen LogP contribution in [0.1, 0.15) is 20.3 Å². The van der Waals surface area contributed by atoms with Crippen molar-refractivity contribution in [1.82, 2.24) is 14.8 Å². The van der Waals surface area contributed by atoms with Gasteiger partial charge in [0.05, 0.1) is 0 Å². The zero-order chi connectivity index (χ0) is 15.8. The quantitative estimate of drug-likeness (QED) is 0.728. The number of nitrogens with zero attached hydrogens (tertiary/aromatic N) is 2. The van der Waals surface area contributed by atoms with Crippen LogP contribution >= 0.6 is 0 Å². The van der Waals surface area contributed by atoms with E-state index < -0.39 is 0 Å². The highest BCUT2D eigenvalue weighted by Gasteiger charge is 2.10. The van der Waals surface area contributed by atoms with Crippen LogP contribution in [0.5, 0.6) is 0 Å². The molecule has 0 radical (unpaired) electrons. The zero-order valence-electron chi connectivity index (χ0n) is 12.5. The Morgan fingerprint density at radius 1 is 1.29 bits per heavy atom. The third-order valence-corrected chi connectivity index (χ3v) is 3.10. The lowest BCUT2D eigenvalue weighted by atomic mass is 10.3. The van der Waals surface area contributed by atoms with Crippen LogP contribution in [0, 0.1) is 0 Å². The molecule has 21 heavy (non-hydrogen) atoms. The minimum absolute atomic E-state index is 0.00132. The van der Waals surface area contributed by atoms with Crippen molar-refractivity contribution in [3.8, 4) is 0 Å². The lowest BCUT2D eigenvalue weighted by Gasteiger charge is -2.18. The molecule has 0 aliphatic rings. The van der Waals surface area contributed by atoms with Crippen LogP contribution in [-0.2, 0) is 16.1 Å². The fourth-order valence-corrected chi connectivity index (χ4v) is 1.93. The fourth-order valence-electron chi connectivity index (χ4n) is 1.93. The number of anilines is 1. The molecule has 1 aromatic rings. The molecular weight excluding hydrogens is 272 g/mol. The number of nitrogens with one attached hydrogen (secondary N) is 1. The summed E-state index contributed by atoms with van der Waals surface area (Å²) in [5.74, 6) is -0.323. The normalized spacial score (nSPS) is 10.2. The number of rotatable bonds is 7. The lowest BCUT2D eigenvalue weighted by Crippen LogP contribution is -2.36. The van der Waals surface area contributed by atoms with Crippen molar-refractivity contribution in [2.75, 3.05) is 25.4 Å². The first-order chi connectivity index (χ1) is 9.97. The Kier molecular flexibility index (Phi) is 6.45. The minimum Gasteiger partial charge on any atom is -0.398 e. The van der Waals surface area contributed by atoms with Gasteiger partial charge in [0, 0.05) is 44.0 Å². The summed E-state index contributed by atoms with van der Waals surface area (Å²) in [7, 11) is 0. The van der Waals surface area contributed by atoms with Crippen LogP contribution in [0.4, 0.5) is 5.69 Å². The molecule has 0 atom stereocenters. The van der Waals surface area contributed by atoms with Gasteiger partial charge < -0.3 is 20.5 Å². The Bertz CT molecular complexity index is 549. The molecule has 0 fully saturated rings. The molecule has 7 nitrogen and oxygen atoms in total. The first-order valence-corrected chi connectivity index (χ1v) is 6.98. The summed E-state index contributed by atoms with van der Waals surface area (Å²) in [6, 6.07) is 2.80. The standard InChI is InChI=1S/C14H22N4O3/c1-3-17(4-2)14(21)7-8-16-12(19)10-18-9-11(15)5-6-13(18)20/h5-6,9H,3-4,7-8,10,15H2,1-2H3,(H,16,19). The molecule has 0 spiro atoms. The molecular formula is C14H22N4O3. The summed E-state index contributed by atoms with van der Waals surface area (Å²) in [4.78, 5) is 36.7. The molecule has 116 valence electrons. The highest BCUT2D eigenvalue weighted by molar-refractivity contribution is 5.79. The number of aromatic nitrogens is 1. The minimum atomic E-state index is -0.324. The second-order valence-electron chi connectivity index (χ2n) is 4.59. The molecule has 1 rings (SSSR count). The molecule has 2 amide bonds. The van der Waals surface area contributed by atoms with Gasteiger partial charge in [-0.25, -0.2) is 0 Å². The number of hydrogen-bond donors (Lipinski definition) is 2. The Morgan fingerprint density at radius 2 is 1.95 bits per heavy atom. The van der Waals surface area contributed by atoms with Gasteiger partial charge >= 0.3 is 0 Å². The van der Waals surface area contributed by atoms with E-state index in [0.717, 1.165) is 0 Å². The van der Waals surface area contributed by atoms with Crippen molar-refractivity contribution < 1.29 is 9.59 Å². The largest absolute Gasteiger partial charge is 0.398 e. The van der Waals surface area contributed by atoms with Crippen LogP contribution in [0.2, 0.25) is 0 Å². The number of nitrogen functional groups attached to an aromatic ring is 1. The number of amides is 2. The van der Waals surface area contributed by atoms with Gasteiger partial charge in [-0.2, -0.15) is 0 Å². The first kappa shape index (κ1) is 16.7. The Labute approximate surface area is 123 Å². The molecule has 0 aliphatic carbocycles. The predicted octanol–water partition coefficient (Wildman–Crippen LogP) is -0.195. The topological polar surface area (TPSA) is 97.4 Å². The number of carbonyl (C=O) groups excluding carboxylic acids is 2. The van der Waals surface area contributed by atoms with E-state index in [0.29, 0.717) is 18.8 Å². The van der Waals surface area contributed by atoms with E-state index in [9.17, 15) is 14.4 Å². The Hall–Kier alpha value is -2.31. The Morgan fingerprint density at radius 3 is 2.57 bits per heavy atom. The summed E-state index contributed by atoms with van der Waals surface area (Å²) in [5.41, 5.74) is 5.69. The highest BCUT2D eigenvalue weighted by Crippen LogP contribution is 1.96. The second kappa shape index (κ2) is 8.08. The molecule has 3 N–H and O–H groups in total. The van der Waals surface area contributed by atoms with Crippen molar-refractivity contribution in [3.05, 3.63) is 28.7 Å². The van der Waals surface area contributed by atoms with Gasteiger partial charge in [0.25, 0.3) is 5.56 Å². The Balaban J connectivity index is 2.43. The van der Waals surface area contributed by atoms with Crippen molar-refractivity contribution in [2.24, 2.45) is 0 Å². The summed E-state index contributed by atoms with van der Waals surface area (Å²) >= 11 is 0. The number of hydrogen-bond acceptors (Lipinski definition) is 4. The maximum absolute atomic E-state index is 11.7. The summed E-state index contributed by atoms with van der Waals surface area (Å²) < 4.78 is 1.23. The fraction of sp³-hybridized carbons (Fsp3) is 0.500. The van der Waals surface area contributed by atoms with Crippen LogP contribution in [0.25, 0.3) is 0 Å². The van der Waals surface area contributed by atoms with Gasteiger partial charge in [0.15, 0.2) is 0 Å². The predicted molar refractivity (Wildman–Crippen MR) is 80.7 cm³/mol. The van der Waals surface area contributed by atoms with E-state index in [1.807, 2.05) is 13.8 Å². The molecule has 0 aliphatic heterocycles. The van der Waals surface area contributed by atoms with E-state index in [1.165, 1.54) is 22.9 Å². The van der Waals surface area contributed by atoms with Gasteiger partial charge in [-0.3, -0.25) is 14.4 Å². The average Bonchev–Trinajstić information content (AvgIpc) is 2.44. The maximum Gasteiger partial charge on any atom is 0.251 e. The SMILES string of the molecule is CCN(CC)C(=O)CCNC(=O)Cn1cc(N)ccc1=O. The molecule has 1 heterocycles. The van der Waals surface area contributed by atoms with E-state index in [1.54, 1.807) is 4.90 Å². The van der Waals surface area contributed by atoms with Crippen LogP contribution < -0.4 is 16.6 Å². The van der Waals surface area contributed by atoms with E-state index in [2.05, 4.69) is 5.32 Å². The summed E-state index contributed by atoms with van der Waals surface area (Å²) in [6.45, 7) is 5.27. The van der Waals surface area contributed by atoms with E-state index in [4.69, 9.17) is 5.73 Å². The third kappa shape index (κ3) is 5.29. The van der Waals surface area contributed by atoms with Gasteiger partial charge in [-0.15, -0.1) is 0 Å². The smallest absolute Gasteiger partial charge is 0.251 e. The molecule has 0 unspecified atom stereocenters. The van der Waals surface area contributed by atoms with Crippen LogP contribution in [0.3, 0.4) is 0 Å². The average molecular weight is 294 g/mol. The molecule has 0 saturated heterocycles. The van der Waals surface area contributed by atoms with Gasteiger partial charge in [0.1, 0.15) is 6.54 Å². The van der Waals surface area contributed by atoms with Crippen LogP contribution in [0.15, 0.2) is 23.1 Å². The highest BCUT2D eigenvalue weighted by atomic mass is 16.2. The van der Waals surface area contributed by atoms with E-state index >= 15 is 0 Å². The number of carbonyl (C=O) groups is 2. The van der Waals surface area contributed by atoms with Crippen molar-refractivity contribution in [2.45, 2.75) is 26.8 Å². The van der Waals surface area contributed by atoms with Gasteiger partial charge in [-0.1, -0.05) is 0 Å². The summed E-state index contributed by atoms with van der Waals surface area (Å²) in [5, 5.41) is 2.62. The number of pyridine rings is 1. The van der Waals surface area contributed by atoms with Gasteiger partial charge in [0.2, 0.25) is 11.8 Å². The molecule has 0 bridgehead atoms. The lowest BCUT2D eigenvalue weighted by molar-refractivity contribution is -0.130.